The van der Waals surface area contributed by atoms with Crippen LogP contribution in [0, 0.1) is 0 Å². The summed E-state index contributed by atoms with van der Waals surface area (Å²) in [4.78, 5) is 26.2. The van der Waals surface area contributed by atoms with E-state index in [0.29, 0.717) is 10.8 Å². The number of fused-ring (bicyclic) bond motifs is 10. The zero-order chi connectivity index (χ0) is 21.6. The normalized spacial score (nSPS) is 14.2. The van der Waals surface area contributed by atoms with E-state index in [0.717, 1.165) is 37.1 Å². The van der Waals surface area contributed by atoms with E-state index in [4.69, 9.17) is 0 Å². The number of rotatable bonds is 1. The number of carbonyl (C=O) groups excluding carboxylic acids is 2. The average molecular weight is 473 g/mol. The molecule has 31 heavy (non-hydrogen) atoms. The van der Waals surface area contributed by atoms with Gasteiger partial charge >= 0.3 is 0 Å². The van der Waals surface area contributed by atoms with Crippen LogP contribution in [0.1, 0.15) is 40.6 Å². The van der Waals surface area contributed by atoms with E-state index >= 15 is 0 Å². The van der Waals surface area contributed by atoms with Crippen LogP contribution in [0.2, 0.25) is 0 Å². The van der Waals surface area contributed by atoms with Crippen molar-refractivity contribution in [3.05, 3.63) is 70.2 Å². The van der Waals surface area contributed by atoms with Crippen LogP contribution < -0.4 is 0 Å². The van der Waals surface area contributed by atoms with Gasteiger partial charge in [0.05, 0.1) is 16.6 Å². The first kappa shape index (κ1) is 18.5. The maximum atomic E-state index is 13.1. The number of imide groups is 1. The Labute approximate surface area is 185 Å². The maximum Gasteiger partial charge on any atom is 0.286 e. The summed E-state index contributed by atoms with van der Waals surface area (Å²) in [6, 6.07) is 18.0. The van der Waals surface area contributed by atoms with Gasteiger partial charge in [-0.1, -0.05) is 52.3 Å². The summed E-state index contributed by atoms with van der Waals surface area (Å²) in [7, 11) is 0. The number of aromatic nitrogens is 1. The van der Waals surface area contributed by atoms with Gasteiger partial charge in [0.1, 0.15) is 0 Å². The van der Waals surface area contributed by atoms with Crippen LogP contribution in [-0.2, 0) is 0 Å². The van der Waals surface area contributed by atoms with Gasteiger partial charge in [-0.05, 0) is 42.8 Å². The van der Waals surface area contributed by atoms with E-state index in [1.165, 1.54) is 0 Å². The van der Waals surface area contributed by atoms with Gasteiger partial charge in [-0.25, -0.2) is 0 Å². The lowest BCUT2D eigenvalue weighted by Crippen LogP contribution is -2.25. The van der Waals surface area contributed by atoms with Crippen molar-refractivity contribution in [2.45, 2.75) is 19.9 Å². The smallest absolute Gasteiger partial charge is 0.286 e. The van der Waals surface area contributed by atoms with Gasteiger partial charge in [-0.15, -0.1) is 5.06 Å². The molecule has 0 saturated carbocycles. The number of halogens is 1. The third kappa shape index (κ3) is 2.23. The highest BCUT2D eigenvalue weighted by Crippen LogP contribution is 2.46. The predicted molar refractivity (Wildman–Crippen MR) is 125 cm³/mol. The molecule has 6 heteroatoms. The van der Waals surface area contributed by atoms with E-state index in [1.807, 2.05) is 54.6 Å². The van der Waals surface area contributed by atoms with Crippen molar-refractivity contribution in [2.75, 3.05) is 0 Å². The molecule has 5 nitrogen and oxygen atoms in total. The molecule has 0 spiro atoms. The number of carbonyl (C=O) groups is 2. The van der Waals surface area contributed by atoms with Crippen LogP contribution >= 0.6 is 15.9 Å². The predicted octanol–water partition coefficient (Wildman–Crippen LogP) is 6.43. The van der Waals surface area contributed by atoms with Crippen LogP contribution in [0.5, 0.6) is 0 Å². The lowest BCUT2D eigenvalue weighted by Gasteiger charge is -2.15. The molecule has 0 saturated heterocycles. The largest absolute Gasteiger partial charge is 0.337 e. The summed E-state index contributed by atoms with van der Waals surface area (Å²) in [5, 5.41) is 15.6. The molecule has 0 aliphatic carbocycles. The molecule has 1 N–H and O–H groups in total. The molecule has 1 aromatic heterocycles. The molecule has 0 atom stereocenters. The van der Waals surface area contributed by atoms with Crippen LogP contribution in [0.15, 0.2) is 59.1 Å². The van der Waals surface area contributed by atoms with Crippen LogP contribution in [-0.4, -0.2) is 26.7 Å². The topological polar surface area (TPSA) is 62.5 Å². The number of benzene rings is 4. The Balaban J connectivity index is 2.04. The number of hydrogen-bond donors (Lipinski definition) is 1. The van der Waals surface area contributed by atoms with Gasteiger partial charge < -0.3 is 4.57 Å². The van der Waals surface area contributed by atoms with Crippen molar-refractivity contribution in [1.82, 2.24) is 9.63 Å². The first-order chi connectivity index (χ1) is 14.9. The highest BCUT2D eigenvalue weighted by atomic mass is 79.9. The van der Waals surface area contributed by atoms with Gasteiger partial charge in [0.2, 0.25) is 0 Å². The zero-order valence-electron chi connectivity index (χ0n) is 16.8. The van der Waals surface area contributed by atoms with E-state index in [9.17, 15) is 14.8 Å². The fraction of sp³-hybridized carbons (Fsp3) is 0.120. The molecule has 2 heterocycles. The van der Waals surface area contributed by atoms with Crippen molar-refractivity contribution >= 4 is 71.1 Å². The van der Waals surface area contributed by atoms with E-state index in [1.54, 1.807) is 0 Å². The fourth-order valence-corrected chi connectivity index (χ4v) is 5.42. The highest BCUT2D eigenvalue weighted by molar-refractivity contribution is 9.10. The third-order valence-corrected chi connectivity index (χ3v) is 6.72. The monoisotopic (exact) mass is 472 g/mol. The molecule has 0 bridgehead atoms. The molecule has 2 amide bonds. The summed E-state index contributed by atoms with van der Waals surface area (Å²) < 4.78 is 3.10. The van der Waals surface area contributed by atoms with Crippen LogP contribution in [0.4, 0.5) is 0 Å². The molecule has 6 rings (SSSR count). The fourth-order valence-electron chi connectivity index (χ4n) is 5.06. The summed E-state index contributed by atoms with van der Waals surface area (Å²) in [6.07, 6.45) is 0. The summed E-state index contributed by atoms with van der Waals surface area (Å²) in [5.74, 6) is -1.36. The van der Waals surface area contributed by atoms with Gasteiger partial charge in [-0.2, -0.15) is 0 Å². The standard InChI is InChI=1S/C25H17BrN2O3/c1-12(2)27-18-10-8-14(26)11-17(18)20-22-21(24(29)28(31)25(22)30)19-15-6-4-3-5-13(15)7-9-16(19)23(20)27/h3-12,31H,1-2H3. The van der Waals surface area contributed by atoms with Crippen molar-refractivity contribution in [2.24, 2.45) is 0 Å². The Morgan fingerprint density at radius 3 is 2.29 bits per heavy atom. The lowest BCUT2D eigenvalue weighted by atomic mass is 9.91. The minimum atomic E-state index is -0.678. The van der Waals surface area contributed by atoms with Gasteiger partial charge in [-0.3, -0.25) is 14.8 Å². The van der Waals surface area contributed by atoms with Crippen molar-refractivity contribution in [1.29, 1.82) is 0 Å². The summed E-state index contributed by atoms with van der Waals surface area (Å²) in [6.45, 7) is 4.21. The van der Waals surface area contributed by atoms with Crippen molar-refractivity contribution in [3.63, 3.8) is 0 Å². The van der Waals surface area contributed by atoms with E-state index in [2.05, 4.69) is 34.3 Å². The van der Waals surface area contributed by atoms with Gasteiger partial charge in [0, 0.05) is 37.6 Å². The summed E-state index contributed by atoms with van der Waals surface area (Å²) >= 11 is 3.55. The molecular formula is C25H17BrN2O3. The minimum Gasteiger partial charge on any atom is -0.337 e. The van der Waals surface area contributed by atoms with Crippen LogP contribution in [0.3, 0.4) is 0 Å². The molecule has 0 fully saturated rings. The molecular weight excluding hydrogens is 456 g/mol. The average Bonchev–Trinajstić information content (AvgIpc) is 3.21. The quantitative estimate of drug-likeness (QED) is 0.173. The first-order valence-electron chi connectivity index (χ1n) is 10.1. The van der Waals surface area contributed by atoms with Gasteiger partial charge in [0.25, 0.3) is 11.8 Å². The highest BCUT2D eigenvalue weighted by Gasteiger charge is 2.40. The Bertz CT molecular complexity index is 1630. The Morgan fingerprint density at radius 2 is 1.55 bits per heavy atom. The zero-order valence-corrected chi connectivity index (χ0v) is 18.4. The van der Waals surface area contributed by atoms with Crippen molar-refractivity contribution < 1.29 is 14.8 Å². The minimum absolute atomic E-state index is 0.117. The third-order valence-electron chi connectivity index (χ3n) is 6.23. The van der Waals surface area contributed by atoms with E-state index in [-0.39, 0.29) is 22.2 Å². The Morgan fingerprint density at radius 1 is 0.839 bits per heavy atom. The molecule has 5 aromatic rings. The molecule has 4 aromatic carbocycles. The second-order valence-corrected chi connectivity index (χ2v) is 9.15. The number of hydrogen-bond acceptors (Lipinski definition) is 3. The first-order valence-corrected chi connectivity index (χ1v) is 10.9. The Hall–Kier alpha value is -3.22. The molecule has 1 aliphatic rings. The molecule has 1 aliphatic heterocycles. The van der Waals surface area contributed by atoms with Crippen LogP contribution in [0.25, 0.3) is 43.4 Å². The Kier molecular flexibility index (Phi) is 3.68. The maximum absolute atomic E-state index is 13.1. The lowest BCUT2D eigenvalue weighted by molar-refractivity contribution is -0.0325. The number of hydroxylamine groups is 2. The number of nitrogens with zero attached hydrogens (tertiary/aromatic N) is 2. The second-order valence-electron chi connectivity index (χ2n) is 8.23. The second kappa shape index (κ2) is 6.15. The summed E-state index contributed by atoms with van der Waals surface area (Å²) in [5.41, 5.74) is 2.43. The van der Waals surface area contributed by atoms with Crippen molar-refractivity contribution in [3.8, 4) is 0 Å². The van der Waals surface area contributed by atoms with Gasteiger partial charge in [0.15, 0.2) is 0 Å². The SMILES string of the molecule is CC(C)n1c2ccc(Br)cc2c2c3c(c4c5ccccc5ccc4c21)C(=O)N(O)C3=O. The molecule has 0 radical (unpaired) electrons. The van der Waals surface area contributed by atoms with E-state index < -0.39 is 11.8 Å². The number of amides is 2. The molecule has 0 unspecified atom stereocenters. The molecule has 152 valence electrons.